The molecule has 6 N–H and O–H groups in total. The highest BCUT2D eigenvalue weighted by Crippen LogP contribution is 2.37. The molecule has 0 aromatic heterocycles. The second-order valence-corrected chi connectivity index (χ2v) is 11.3. The number of aryl methyl sites for hydroxylation is 1. The molecule has 0 aliphatic rings. The Morgan fingerprint density at radius 3 is 1.20 bits per heavy atom. The molecule has 0 bridgehead atoms. The zero-order valence-corrected chi connectivity index (χ0v) is 22.9. The Bertz CT molecular complexity index is 864. The van der Waals surface area contributed by atoms with Crippen LogP contribution in [0.2, 0.25) is 0 Å². The van der Waals surface area contributed by atoms with Crippen LogP contribution in [0.25, 0.3) is 0 Å². The molecule has 0 spiro atoms. The molecule has 3 aromatic carbocycles. The predicted octanol–water partition coefficient (Wildman–Crippen LogP) is 9.38. The van der Waals surface area contributed by atoms with Gasteiger partial charge in [0.1, 0.15) is 0 Å². The van der Waals surface area contributed by atoms with Gasteiger partial charge in [0.05, 0.1) is 0 Å². The molecule has 3 rings (SSSR count). The first-order valence-electron chi connectivity index (χ1n) is 13.0. The van der Waals surface area contributed by atoms with Crippen molar-refractivity contribution in [3.05, 3.63) is 78.4 Å². The Morgan fingerprint density at radius 2 is 0.800 bits per heavy atom. The maximum Gasteiger partial charge on any atom is 0.0314 e. The minimum Gasteiger partial charge on any atom is -0.399 e. The van der Waals surface area contributed by atoms with Crippen molar-refractivity contribution >= 4 is 38.6 Å². The summed E-state index contributed by atoms with van der Waals surface area (Å²) in [4.78, 5) is 2.38. The van der Waals surface area contributed by atoms with Gasteiger partial charge in [-0.25, -0.2) is 0 Å². The zero-order valence-electron chi connectivity index (χ0n) is 21.3. The number of nitrogen functional groups attached to an aromatic ring is 3. The Morgan fingerprint density at radius 1 is 0.457 bits per heavy atom. The Kier molecular flexibility index (Phi) is 15.0. The molecule has 0 unspecified atom stereocenters. The third-order valence-electron chi connectivity index (χ3n) is 5.79. The molecule has 0 aliphatic carbocycles. The standard InChI is InChI=1S/C18H31N.C12H12N2S2/c1-2-3-4-5-6-7-8-9-10-11-12-17-13-15-18(19)16-14-17;13-9-1-5-11(6-2-9)15-16-12-7-3-10(14)4-8-12/h13-16H,2-12,19H2,1H3;1-8H,13-14H2. The van der Waals surface area contributed by atoms with Gasteiger partial charge in [0.2, 0.25) is 0 Å². The average Bonchev–Trinajstić information content (AvgIpc) is 2.87. The highest BCUT2D eigenvalue weighted by Gasteiger charge is 1.98. The number of benzene rings is 3. The molecule has 0 fully saturated rings. The van der Waals surface area contributed by atoms with E-state index < -0.39 is 0 Å². The van der Waals surface area contributed by atoms with Crippen LogP contribution in [0.1, 0.15) is 76.7 Å². The molecule has 35 heavy (non-hydrogen) atoms. The lowest BCUT2D eigenvalue weighted by Gasteiger charge is -2.03. The van der Waals surface area contributed by atoms with Crippen molar-refractivity contribution in [2.24, 2.45) is 0 Å². The number of unbranched alkanes of at least 4 members (excludes halogenated alkanes) is 9. The molecule has 0 saturated heterocycles. The quantitative estimate of drug-likeness (QED) is 0.115. The van der Waals surface area contributed by atoms with Crippen LogP contribution >= 0.6 is 21.6 Å². The van der Waals surface area contributed by atoms with Crippen LogP contribution < -0.4 is 17.2 Å². The number of nitrogens with two attached hydrogens (primary N) is 3. The van der Waals surface area contributed by atoms with Crippen LogP contribution in [0, 0.1) is 0 Å². The molecule has 5 heteroatoms. The first kappa shape index (κ1) is 29.0. The predicted molar refractivity (Wildman–Crippen MR) is 160 cm³/mol. The van der Waals surface area contributed by atoms with Gasteiger partial charge in [0.25, 0.3) is 0 Å². The summed E-state index contributed by atoms with van der Waals surface area (Å²) in [6, 6.07) is 24.0. The van der Waals surface area contributed by atoms with Crippen molar-refractivity contribution in [3.63, 3.8) is 0 Å². The summed E-state index contributed by atoms with van der Waals surface area (Å²) < 4.78 is 0. The van der Waals surface area contributed by atoms with Crippen molar-refractivity contribution in [2.75, 3.05) is 17.2 Å². The summed E-state index contributed by atoms with van der Waals surface area (Å²) in [5.41, 5.74) is 20.8. The minimum atomic E-state index is 0.793. The first-order valence-corrected chi connectivity index (χ1v) is 15.1. The van der Waals surface area contributed by atoms with Gasteiger partial charge in [0, 0.05) is 26.9 Å². The van der Waals surface area contributed by atoms with Gasteiger partial charge in [0.15, 0.2) is 0 Å². The topological polar surface area (TPSA) is 78.1 Å². The van der Waals surface area contributed by atoms with Gasteiger partial charge in [-0.05, 0) is 79.1 Å². The molecular weight excluding hydrogens is 466 g/mol. The van der Waals surface area contributed by atoms with Crippen LogP contribution in [0.5, 0.6) is 0 Å². The fourth-order valence-electron chi connectivity index (χ4n) is 3.64. The normalized spacial score (nSPS) is 10.5. The van der Waals surface area contributed by atoms with Crippen LogP contribution in [0.15, 0.2) is 82.6 Å². The highest BCUT2D eigenvalue weighted by molar-refractivity contribution is 8.76. The van der Waals surface area contributed by atoms with Gasteiger partial charge >= 0.3 is 0 Å². The highest BCUT2D eigenvalue weighted by atomic mass is 33.1. The lowest BCUT2D eigenvalue weighted by molar-refractivity contribution is 0.556. The van der Waals surface area contributed by atoms with Gasteiger partial charge in [-0.15, -0.1) is 0 Å². The van der Waals surface area contributed by atoms with E-state index in [-0.39, 0.29) is 0 Å². The van der Waals surface area contributed by atoms with E-state index in [2.05, 4.69) is 19.1 Å². The van der Waals surface area contributed by atoms with E-state index in [0.29, 0.717) is 0 Å². The number of anilines is 3. The molecule has 0 saturated carbocycles. The molecule has 0 amide bonds. The van der Waals surface area contributed by atoms with Gasteiger partial charge < -0.3 is 17.2 Å². The Balaban J connectivity index is 0.000000250. The third-order valence-corrected chi connectivity index (χ3v) is 8.21. The van der Waals surface area contributed by atoms with E-state index in [1.807, 2.05) is 60.7 Å². The van der Waals surface area contributed by atoms with E-state index in [0.717, 1.165) is 17.1 Å². The largest absolute Gasteiger partial charge is 0.399 e. The van der Waals surface area contributed by atoms with E-state index in [4.69, 9.17) is 17.2 Å². The maximum absolute atomic E-state index is 5.68. The van der Waals surface area contributed by atoms with Crippen molar-refractivity contribution in [2.45, 2.75) is 87.3 Å². The van der Waals surface area contributed by atoms with E-state index >= 15 is 0 Å². The van der Waals surface area contributed by atoms with Crippen molar-refractivity contribution in [1.29, 1.82) is 0 Å². The molecule has 3 nitrogen and oxygen atoms in total. The Hall–Kier alpha value is -2.24. The summed E-state index contributed by atoms with van der Waals surface area (Å²) in [5, 5.41) is 0. The lowest BCUT2D eigenvalue weighted by atomic mass is 10.0. The van der Waals surface area contributed by atoms with E-state index in [1.54, 1.807) is 21.6 Å². The fourth-order valence-corrected chi connectivity index (χ4v) is 5.57. The number of hydrogen-bond acceptors (Lipinski definition) is 5. The smallest absolute Gasteiger partial charge is 0.0314 e. The van der Waals surface area contributed by atoms with Crippen molar-refractivity contribution < 1.29 is 0 Å². The molecule has 0 radical (unpaired) electrons. The monoisotopic (exact) mass is 509 g/mol. The number of hydrogen-bond donors (Lipinski definition) is 3. The molecular formula is C30H43N3S2. The van der Waals surface area contributed by atoms with Gasteiger partial charge in [-0.2, -0.15) is 0 Å². The van der Waals surface area contributed by atoms with Gasteiger partial charge in [-0.3, -0.25) is 0 Å². The van der Waals surface area contributed by atoms with Crippen molar-refractivity contribution in [1.82, 2.24) is 0 Å². The minimum absolute atomic E-state index is 0.793. The first-order chi connectivity index (χ1) is 17.1. The molecule has 0 heterocycles. The maximum atomic E-state index is 5.68. The van der Waals surface area contributed by atoms with Gasteiger partial charge in [-0.1, -0.05) is 98.4 Å². The molecule has 0 aliphatic heterocycles. The number of rotatable bonds is 14. The fraction of sp³-hybridized carbons (Fsp3) is 0.400. The van der Waals surface area contributed by atoms with Crippen LogP contribution in [-0.2, 0) is 6.42 Å². The third kappa shape index (κ3) is 14.0. The second-order valence-electron chi connectivity index (χ2n) is 8.98. The summed E-state index contributed by atoms with van der Waals surface area (Å²) in [7, 11) is 3.42. The van der Waals surface area contributed by atoms with Crippen LogP contribution in [0.3, 0.4) is 0 Å². The average molecular weight is 510 g/mol. The summed E-state index contributed by atoms with van der Waals surface area (Å²) in [6.45, 7) is 2.28. The van der Waals surface area contributed by atoms with Crippen LogP contribution in [-0.4, -0.2) is 0 Å². The molecule has 3 aromatic rings. The van der Waals surface area contributed by atoms with Crippen molar-refractivity contribution in [3.8, 4) is 0 Å². The van der Waals surface area contributed by atoms with E-state index in [1.165, 1.54) is 86.0 Å². The van der Waals surface area contributed by atoms with E-state index in [9.17, 15) is 0 Å². The Labute approximate surface area is 221 Å². The summed E-state index contributed by atoms with van der Waals surface area (Å²) in [5.74, 6) is 0. The van der Waals surface area contributed by atoms with Crippen LogP contribution in [0.4, 0.5) is 17.1 Å². The summed E-state index contributed by atoms with van der Waals surface area (Å²) in [6.07, 6.45) is 15.3. The summed E-state index contributed by atoms with van der Waals surface area (Å²) >= 11 is 0. The zero-order chi connectivity index (χ0) is 25.1. The molecule has 0 atom stereocenters. The lowest BCUT2D eigenvalue weighted by Crippen LogP contribution is -1.88. The SMILES string of the molecule is CCCCCCCCCCCCc1ccc(N)cc1.Nc1ccc(SSc2ccc(N)cc2)cc1. The second kappa shape index (κ2) is 18.1. The molecule has 190 valence electrons.